The Morgan fingerprint density at radius 1 is 1.18 bits per heavy atom. The van der Waals surface area contributed by atoms with Gasteiger partial charge in [0.1, 0.15) is 5.69 Å². The number of pyridine rings is 2. The van der Waals surface area contributed by atoms with E-state index in [2.05, 4.69) is 9.97 Å². The monoisotopic (exact) mass is 228 g/mol. The minimum Gasteiger partial charge on any atom is -0.461 e. The van der Waals surface area contributed by atoms with E-state index in [0.717, 1.165) is 5.56 Å². The highest BCUT2D eigenvalue weighted by Crippen LogP contribution is 2.00. The highest BCUT2D eigenvalue weighted by Gasteiger charge is 2.06. The van der Waals surface area contributed by atoms with Crippen molar-refractivity contribution in [3.63, 3.8) is 0 Å². The molecule has 0 aliphatic rings. The fourth-order valence-corrected chi connectivity index (χ4v) is 1.37. The summed E-state index contributed by atoms with van der Waals surface area (Å²) in [5.74, 6) is -0.394. The van der Waals surface area contributed by atoms with Crippen LogP contribution in [-0.2, 0) is 11.2 Å². The molecule has 0 aliphatic carbocycles. The minimum atomic E-state index is -0.394. The molecule has 4 heteroatoms. The van der Waals surface area contributed by atoms with Gasteiger partial charge in [0.15, 0.2) is 0 Å². The van der Waals surface area contributed by atoms with Gasteiger partial charge in [-0.1, -0.05) is 12.1 Å². The lowest BCUT2D eigenvalue weighted by atomic mass is 10.2. The standard InChI is InChI=1S/C13H12N2O2/c16-13(12-5-1-2-8-15-12)17-9-6-11-4-3-7-14-10-11/h1-5,7-8,10H,6,9H2. The molecule has 0 bridgehead atoms. The number of carbonyl (C=O) groups is 1. The molecule has 0 unspecified atom stereocenters. The van der Waals surface area contributed by atoms with Gasteiger partial charge in [-0.25, -0.2) is 9.78 Å². The van der Waals surface area contributed by atoms with Gasteiger partial charge >= 0.3 is 5.97 Å². The molecule has 2 aromatic rings. The molecule has 2 heterocycles. The van der Waals surface area contributed by atoms with Gasteiger partial charge in [0.2, 0.25) is 0 Å². The molecule has 4 nitrogen and oxygen atoms in total. The van der Waals surface area contributed by atoms with E-state index in [4.69, 9.17) is 4.74 Å². The summed E-state index contributed by atoms with van der Waals surface area (Å²) in [6.07, 6.45) is 5.70. The zero-order valence-electron chi connectivity index (χ0n) is 9.24. The summed E-state index contributed by atoms with van der Waals surface area (Å²) < 4.78 is 5.10. The normalized spacial score (nSPS) is 9.88. The van der Waals surface area contributed by atoms with Gasteiger partial charge in [0.25, 0.3) is 0 Å². The minimum absolute atomic E-state index is 0.332. The fourth-order valence-electron chi connectivity index (χ4n) is 1.37. The largest absolute Gasteiger partial charge is 0.461 e. The molecule has 17 heavy (non-hydrogen) atoms. The van der Waals surface area contributed by atoms with Crippen molar-refractivity contribution in [2.75, 3.05) is 6.61 Å². The second-order valence-corrected chi connectivity index (χ2v) is 3.46. The zero-order chi connectivity index (χ0) is 11.9. The average molecular weight is 228 g/mol. The van der Waals surface area contributed by atoms with Gasteiger partial charge in [-0.05, 0) is 23.8 Å². The number of rotatable bonds is 4. The first kappa shape index (κ1) is 11.3. The Labute approximate surface area is 99.3 Å². The van der Waals surface area contributed by atoms with Crippen LogP contribution in [0.2, 0.25) is 0 Å². The molecule has 0 aliphatic heterocycles. The first-order chi connectivity index (χ1) is 8.36. The summed E-state index contributed by atoms with van der Waals surface area (Å²) in [7, 11) is 0. The van der Waals surface area contributed by atoms with Crippen molar-refractivity contribution < 1.29 is 9.53 Å². The lowest BCUT2D eigenvalue weighted by molar-refractivity contribution is 0.0502. The number of hydrogen-bond donors (Lipinski definition) is 0. The highest BCUT2D eigenvalue weighted by molar-refractivity contribution is 5.87. The Morgan fingerprint density at radius 2 is 2.12 bits per heavy atom. The molecule has 0 N–H and O–H groups in total. The molecule has 0 radical (unpaired) electrons. The van der Waals surface area contributed by atoms with Crippen molar-refractivity contribution in [2.45, 2.75) is 6.42 Å². The van der Waals surface area contributed by atoms with Gasteiger partial charge in [0, 0.05) is 25.0 Å². The Kier molecular flexibility index (Phi) is 3.81. The molecule has 2 aromatic heterocycles. The van der Waals surface area contributed by atoms with Crippen LogP contribution in [0.15, 0.2) is 48.9 Å². The van der Waals surface area contributed by atoms with Crippen molar-refractivity contribution in [1.82, 2.24) is 9.97 Å². The van der Waals surface area contributed by atoms with Gasteiger partial charge in [-0.15, -0.1) is 0 Å². The number of aromatic nitrogens is 2. The van der Waals surface area contributed by atoms with E-state index in [1.807, 2.05) is 12.1 Å². The van der Waals surface area contributed by atoms with E-state index in [9.17, 15) is 4.79 Å². The maximum Gasteiger partial charge on any atom is 0.356 e. The predicted molar refractivity (Wildman–Crippen MR) is 62.5 cm³/mol. The number of carbonyl (C=O) groups excluding carboxylic acids is 1. The van der Waals surface area contributed by atoms with Crippen LogP contribution in [-0.4, -0.2) is 22.5 Å². The van der Waals surface area contributed by atoms with E-state index in [0.29, 0.717) is 18.7 Å². The molecule has 86 valence electrons. The van der Waals surface area contributed by atoms with E-state index >= 15 is 0 Å². The molecule has 0 aromatic carbocycles. The molecular weight excluding hydrogens is 216 g/mol. The lowest BCUT2D eigenvalue weighted by Crippen LogP contribution is -2.09. The second-order valence-electron chi connectivity index (χ2n) is 3.46. The molecule has 0 saturated heterocycles. The fraction of sp³-hybridized carbons (Fsp3) is 0.154. The third kappa shape index (κ3) is 3.38. The molecular formula is C13H12N2O2. The topological polar surface area (TPSA) is 52.1 Å². The van der Waals surface area contributed by atoms with Crippen molar-refractivity contribution in [2.24, 2.45) is 0 Å². The third-order valence-corrected chi connectivity index (χ3v) is 2.22. The number of ether oxygens (including phenoxy) is 1. The summed E-state index contributed by atoms with van der Waals surface area (Å²) in [4.78, 5) is 19.4. The van der Waals surface area contributed by atoms with Gasteiger partial charge in [-0.3, -0.25) is 4.98 Å². The van der Waals surface area contributed by atoms with Crippen LogP contribution in [0.5, 0.6) is 0 Å². The Balaban J connectivity index is 1.82. The summed E-state index contributed by atoms with van der Waals surface area (Å²) in [5.41, 5.74) is 1.38. The van der Waals surface area contributed by atoms with Crippen LogP contribution in [0.3, 0.4) is 0 Å². The maximum atomic E-state index is 11.5. The second kappa shape index (κ2) is 5.75. The number of hydrogen-bond acceptors (Lipinski definition) is 4. The van der Waals surface area contributed by atoms with Crippen LogP contribution in [0.1, 0.15) is 16.1 Å². The van der Waals surface area contributed by atoms with Crippen LogP contribution in [0.4, 0.5) is 0 Å². The van der Waals surface area contributed by atoms with E-state index in [-0.39, 0.29) is 0 Å². The SMILES string of the molecule is O=C(OCCc1cccnc1)c1ccccn1. The van der Waals surface area contributed by atoms with Crippen molar-refractivity contribution in [3.05, 3.63) is 60.2 Å². The van der Waals surface area contributed by atoms with Crippen LogP contribution in [0, 0.1) is 0 Å². The quantitative estimate of drug-likeness (QED) is 0.750. The summed E-state index contributed by atoms with van der Waals surface area (Å²) >= 11 is 0. The third-order valence-electron chi connectivity index (χ3n) is 2.22. The Bertz CT molecular complexity index is 471. The molecule has 0 amide bonds. The molecule has 0 atom stereocenters. The van der Waals surface area contributed by atoms with E-state index in [1.54, 1.807) is 36.8 Å². The van der Waals surface area contributed by atoms with Crippen molar-refractivity contribution in [3.8, 4) is 0 Å². The van der Waals surface area contributed by atoms with E-state index in [1.165, 1.54) is 0 Å². The van der Waals surface area contributed by atoms with Crippen LogP contribution in [0.25, 0.3) is 0 Å². The van der Waals surface area contributed by atoms with Crippen molar-refractivity contribution in [1.29, 1.82) is 0 Å². The summed E-state index contributed by atoms with van der Waals surface area (Å²) in [6, 6.07) is 8.95. The van der Waals surface area contributed by atoms with Crippen LogP contribution >= 0.6 is 0 Å². The maximum absolute atomic E-state index is 11.5. The zero-order valence-corrected chi connectivity index (χ0v) is 9.24. The summed E-state index contributed by atoms with van der Waals surface area (Å²) in [5, 5.41) is 0. The first-order valence-electron chi connectivity index (χ1n) is 5.33. The van der Waals surface area contributed by atoms with Gasteiger partial charge < -0.3 is 4.74 Å². The molecule has 2 rings (SSSR count). The predicted octanol–water partition coefficient (Wildman–Crippen LogP) is 1.88. The number of nitrogens with zero attached hydrogens (tertiary/aromatic N) is 2. The smallest absolute Gasteiger partial charge is 0.356 e. The molecule has 0 spiro atoms. The Morgan fingerprint density at radius 3 is 2.82 bits per heavy atom. The lowest BCUT2D eigenvalue weighted by Gasteiger charge is -2.03. The van der Waals surface area contributed by atoms with E-state index < -0.39 is 5.97 Å². The van der Waals surface area contributed by atoms with Crippen LogP contribution < -0.4 is 0 Å². The van der Waals surface area contributed by atoms with Gasteiger partial charge in [-0.2, -0.15) is 0 Å². The van der Waals surface area contributed by atoms with Crippen molar-refractivity contribution >= 4 is 5.97 Å². The average Bonchev–Trinajstić information content (AvgIpc) is 2.41. The summed E-state index contributed by atoms with van der Waals surface area (Å²) in [6.45, 7) is 0.334. The molecule has 0 fully saturated rings. The molecule has 0 saturated carbocycles. The van der Waals surface area contributed by atoms with Gasteiger partial charge in [0.05, 0.1) is 6.61 Å². The highest BCUT2D eigenvalue weighted by atomic mass is 16.5. The Hall–Kier alpha value is -2.23. The first-order valence-corrected chi connectivity index (χ1v) is 5.33. The number of esters is 1.